The Morgan fingerprint density at radius 2 is 1.15 bits per heavy atom. The van der Waals surface area contributed by atoms with Crippen molar-refractivity contribution in [2.75, 3.05) is 19.8 Å². The van der Waals surface area contributed by atoms with E-state index in [1.165, 1.54) is 51.4 Å². The second kappa shape index (κ2) is 14.7. The highest BCUT2D eigenvalue weighted by Crippen LogP contribution is 2.45. The summed E-state index contributed by atoms with van der Waals surface area (Å²) in [6.07, 6.45) is 1.12. The molecule has 0 rings (SSSR count). The number of unbranched alkanes of at least 4 members (excludes halogenated alkanes) is 7. The van der Waals surface area contributed by atoms with Crippen LogP contribution in [0.15, 0.2) is 0 Å². The number of hydrogen-bond donors (Lipinski definition) is 2. The fourth-order valence-corrected chi connectivity index (χ4v) is 2.32. The highest BCUT2D eigenvalue weighted by Gasteiger charge is 2.37. The van der Waals surface area contributed by atoms with Crippen LogP contribution < -0.4 is 5.73 Å². The van der Waals surface area contributed by atoms with E-state index in [1.54, 1.807) is 0 Å². The fourth-order valence-electron chi connectivity index (χ4n) is 1.63. The number of nitrogens with two attached hydrogens (primary N) is 1. The summed E-state index contributed by atoms with van der Waals surface area (Å²) in [6, 6.07) is 0. The van der Waals surface area contributed by atoms with Crippen molar-refractivity contribution in [1.29, 1.82) is 0 Å². The van der Waals surface area contributed by atoms with E-state index in [0.29, 0.717) is 0 Å². The van der Waals surface area contributed by atoms with Crippen molar-refractivity contribution >= 4 is 7.82 Å². The van der Waals surface area contributed by atoms with Crippen molar-refractivity contribution in [3.8, 4) is 0 Å². The maximum Gasteiger partial charge on any atom is 0.472 e. The predicted molar refractivity (Wildman–Crippen MR) is 85.5 cm³/mol. The normalized spacial score (nSPS) is 12.7. The smallest absolute Gasteiger partial charge is 0.330 e. The lowest BCUT2D eigenvalue weighted by atomic mass is 10.1. The predicted octanol–water partition coefficient (Wildman–Crippen LogP) is 5.33. The SMILES string of the molecule is CCCCCCCCCCN.O=P(O)(OCC(F)(F)F)OCC(F)(F)F. The average Bonchev–Trinajstić information content (AvgIpc) is 2.50. The Bertz CT molecular complexity index is 349. The highest BCUT2D eigenvalue weighted by atomic mass is 31.2. The Balaban J connectivity index is 0. The van der Waals surface area contributed by atoms with Crippen LogP contribution in [0.5, 0.6) is 0 Å². The molecule has 0 saturated carbocycles. The molecule has 0 atom stereocenters. The van der Waals surface area contributed by atoms with Crippen LogP contribution in [-0.2, 0) is 13.6 Å². The van der Waals surface area contributed by atoms with Crippen LogP contribution >= 0.6 is 7.82 Å². The Labute approximate surface area is 149 Å². The van der Waals surface area contributed by atoms with Gasteiger partial charge in [0.1, 0.15) is 0 Å². The minimum absolute atomic E-state index is 0.870. The molecule has 3 N–H and O–H groups in total. The van der Waals surface area contributed by atoms with Crippen LogP contribution in [-0.4, -0.2) is 37.0 Å². The second-order valence-electron chi connectivity index (χ2n) is 5.51. The van der Waals surface area contributed by atoms with E-state index in [0.717, 1.165) is 6.54 Å². The van der Waals surface area contributed by atoms with Gasteiger partial charge in [-0.2, -0.15) is 26.3 Å². The number of hydrogen-bond acceptors (Lipinski definition) is 4. The van der Waals surface area contributed by atoms with Gasteiger partial charge in [0.2, 0.25) is 0 Å². The molecular formula is C14H28F6NO4P. The van der Waals surface area contributed by atoms with Crippen molar-refractivity contribution < 1.29 is 44.8 Å². The van der Waals surface area contributed by atoms with Gasteiger partial charge in [0, 0.05) is 0 Å². The first kappa shape index (κ1) is 27.9. The van der Waals surface area contributed by atoms with E-state index < -0.39 is 33.4 Å². The molecule has 0 radical (unpaired) electrons. The van der Waals surface area contributed by atoms with Crippen LogP contribution in [0.4, 0.5) is 26.3 Å². The topological polar surface area (TPSA) is 81.8 Å². The third kappa shape index (κ3) is 25.9. The Kier molecular flexibility index (Phi) is 15.7. The van der Waals surface area contributed by atoms with Crippen LogP contribution in [0.25, 0.3) is 0 Å². The average molecular weight is 419 g/mol. The lowest BCUT2D eigenvalue weighted by Crippen LogP contribution is -2.19. The number of halogens is 6. The minimum Gasteiger partial charge on any atom is -0.330 e. The number of rotatable bonds is 12. The maximum atomic E-state index is 11.4. The highest BCUT2D eigenvalue weighted by molar-refractivity contribution is 7.47. The van der Waals surface area contributed by atoms with E-state index in [1.807, 2.05) is 0 Å². The van der Waals surface area contributed by atoms with Gasteiger partial charge >= 0.3 is 20.2 Å². The van der Waals surface area contributed by atoms with E-state index in [-0.39, 0.29) is 0 Å². The molecule has 0 aromatic carbocycles. The Morgan fingerprint density at radius 3 is 1.46 bits per heavy atom. The van der Waals surface area contributed by atoms with Crippen LogP contribution in [0.3, 0.4) is 0 Å². The molecule has 0 amide bonds. The van der Waals surface area contributed by atoms with Crippen LogP contribution in [0, 0.1) is 0 Å². The molecule has 0 aliphatic heterocycles. The molecular weight excluding hydrogens is 391 g/mol. The van der Waals surface area contributed by atoms with E-state index in [9.17, 15) is 30.9 Å². The molecule has 0 aromatic heterocycles. The lowest BCUT2D eigenvalue weighted by molar-refractivity contribution is -0.169. The first-order valence-corrected chi connectivity index (χ1v) is 9.78. The summed E-state index contributed by atoms with van der Waals surface area (Å²) in [5.74, 6) is 0. The molecule has 0 spiro atoms. The zero-order valence-electron chi connectivity index (χ0n) is 14.7. The fraction of sp³-hybridized carbons (Fsp3) is 1.00. The summed E-state index contributed by atoms with van der Waals surface area (Å²) < 4.78 is 85.5. The van der Waals surface area contributed by atoms with Gasteiger partial charge in [0.25, 0.3) is 0 Å². The summed E-state index contributed by atoms with van der Waals surface area (Å²) >= 11 is 0. The quantitative estimate of drug-likeness (QED) is 0.254. The molecule has 0 fully saturated rings. The maximum absolute atomic E-state index is 11.4. The van der Waals surface area contributed by atoms with Gasteiger partial charge in [-0.15, -0.1) is 0 Å². The molecule has 0 unspecified atom stereocenters. The van der Waals surface area contributed by atoms with Crippen LogP contribution in [0.1, 0.15) is 58.3 Å². The lowest BCUT2D eigenvalue weighted by Gasteiger charge is -2.14. The minimum atomic E-state index is -5.33. The summed E-state index contributed by atoms with van der Waals surface area (Å²) in [5, 5.41) is 0. The monoisotopic (exact) mass is 419 g/mol. The van der Waals surface area contributed by atoms with Crippen LogP contribution in [0.2, 0.25) is 0 Å². The van der Waals surface area contributed by atoms with Crippen molar-refractivity contribution in [2.24, 2.45) is 5.73 Å². The summed E-state index contributed by atoms with van der Waals surface area (Å²) in [6.45, 7) is -1.21. The zero-order chi connectivity index (χ0) is 20.7. The van der Waals surface area contributed by atoms with E-state index in [2.05, 4.69) is 16.0 Å². The third-order valence-electron chi connectivity index (χ3n) is 2.84. The number of alkyl halides is 6. The first-order valence-electron chi connectivity index (χ1n) is 8.28. The molecule has 5 nitrogen and oxygen atoms in total. The molecule has 0 heterocycles. The largest absolute Gasteiger partial charge is 0.472 e. The second-order valence-corrected chi connectivity index (χ2v) is 6.96. The molecule has 0 aliphatic rings. The van der Waals surface area contributed by atoms with Gasteiger partial charge in [-0.25, -0.2) is 4.57 Å². The molecule has 0 aliphatic carbocycles. The molecule has 160 valence electrons. The van der Waals surface area contributed by atoms with Gasteiger partial charge in [0.15, 0.2) is 13.2 Å². The number of phosphoric ester groups is 1. The number of phosphoric acid groups is 1. The van der Waals surface area contributed by atoms with Crippen molar-refractivity contribution in [3.63, 3.8) is 0 Å². The summed E-state index contributed by atoms with van der Waals surface area (Å²) in [5.41, 5.74) is 5.39. The molecule has 26 heavy (non-hydrogen) atoms. The third-order valence-corrected chi connectivity index (χ3v) is 3.75. The van der Waals surface area contributed by atoms with Crippen molar-refractivity contribution in [2.45, 2.75) is 70.6 Å². The molecule has 12 heteroatoms. The standard InChI is InChI=1S/C10H23N.C4H5F6O4P/c1-2-3-4-5-6-7-8-9-10-11;5-3(6,7)1-13-15(11,12)14-2-4(8,9)10/h2-11H2,1H3;1-2H2,(H,11,12). The Morgan fingerprint density at radius 1 is 0.808 bits per heavy atom. The summed E-state index contributed by atoms with van der Waals surface area (Å²) in [4.78, 5) is 8.35. The van der Waals surface area contributed by atoms with Gasteiger partial charge in [-0.3, -0.25) is 9.05 Å². The van der Waals surface area contributed by atoms with E-state index >= 15 is 0 Å². The van der Waals surface area contributed by atoms with Gasteiger partial charge < -0.3 is 10.6 Å². The summed E-state index contributed by atoms with van der Waals surface area (Å²) in [7, 11) is -5.33. The molecule has 0 bridgehead atoms. The van der Waals surface area contributed by atoms with E-state index in [4.69, 9.17) is 10.6 Å². The zero-order valence-corrected chi connectivity index (χ0v) is 15.6. The molecule has 0 saturated heterocycles. The van der Waals surface area contributed by atoms with Gasteiger partial charge in [-0.1, -0.05) is 51.9 Å². The first-order chi connectivity index (χ1) is 11.8. The van der Waals surface area contributed by atoms with Gasteiger partial charge in [0.05, 0.1) is 0 Å². The van der Waals surface area contributed by atoms with Gasteiger partial charge in [-0.05, 0) is 13.0 Å². The van der Waals surface area contributed by atoms with Crippen molar-refractivity contribution in [3.05, 3.63) is 0 Å². The Hall–Kier alpha value is -0.350. The molecule has 0 aromatic rings. The van der Waals surface area contributed by atoms with Crippen molar-refractivity contribution in [1.82, 2.24) is 0 Å².